The van der Waals surface area contributed by atoms with E-state index in [4.69, 9.17) is 15.0 Å². The van der Waals surface area contributed by atoms with Crippen LogP contribution in [0, 0.1) is 19.3 Å². The van der Waals surface area contributed by atoms with Crippen molar-refractivity contribution in [1.29, 1.82) is 0 Å². The summed E-state index contributed by atoms with van der Waals surface area (Å²) in [5.74, 6) is -0.594. The zero-order valence-electron chi connectivity index (χ0n) is 28.8. The molecule has 1 N–H and O–H groups in total. The van der Waals surface area contributed by atoms with Crippen molar-refractivity contribution in [2.24, 2.45) is 5.41 Å². The van der Waals surface area contributed by atoms with E-state index < -0.39 is 11.4 Å². The first-order valence-corrected chi connectivity index (χ1v) is 17.6. The monoisotopic (exact) mass is 674 g/mol. The van der Waals surface area contributed by atoms with Gasteiger partial charge in [0.1, 0.15) is 5.01 Å². The van der Waals surface area contributed by atoms with E-state index in [0.29, 0.717) is 45.6 Å². The fourth-order valence-electron chi connectivity index (χ4n) is 7.21. The zero-order valence-corrected chi connectivity index (χ0v) is 29.6. The fourth-order valence-corrected chi connectivity index (χ4v) is 8.38. The van der Waals surface area contributed by atoms with Gasteiger partial charge in [-0.3, -0.25) is 24.5 Å². The quantitative estimate of drug-likeness (QED) is 0.194. The molecule has 1 atom stereocenters. The number of aromatic nitrogens is 3. The highest BCUT2D eigenvalue weighted by molar-refractivity contribution is 7.15. The van der Waals surface area contributed by atoms with Crippen LogP contribution in [0.15, 0.2) is 60.9 Å². The van der Waals surface area contributed by atoms with Gasteiger partial charge < -0.3 is 14.9 Å². The van der Waals surface area contributed by atoms with Crippen LogP contribution < -0.4 is 0 Å². The molecule has 0 bridgehead atoms. The minimum atomic E-state index is -0.727. The Hall–Kier alpha value is -4.51. The highest BCUT2D eigenvalue weighted by Gasteiger charge is 2.40. The van der Waals surface area contributed by atoms with E-state index in [1.54, 1.807) is 11.3 Å². The molecule has 9 nitrogen and oxygen atoms in total. The number of carboxylic acid groups (broad SMARTS) is 1. The van der Waals surface area contributed by atoms with Crippen LogP contribution in [0.3, 0.4) is 0 Å². The first-order valence-electron chi connectivity index (χ1n) is 16.8. The number of rotatable bonds is 9. The predicted molar refractivity (Wildman–Crippen MR) is 193 cm³/mol. The molecule has 0 unspecified atom stereocenters. The third-order valence-corrected chi connectivity index (χ3v) is 11.2. The normalized spacial score (nSPS) is 17.7. The number of hydrogen-bond donors (Lipinski definition) is 1. The number of likely N-dealkylation sites (N-methyl/N-ethyl adjacent to an activating group) is 1. The summed E-state index contributed by atoms with van der Waals surface area (Å²) < 4.78 is 0. The Kier molecular flexibility index (Phi) is 8.81. The number of amides is 1. The minimum absolute atomic E-state index is 0.133. The Bertz CT molecular complexity index is 2070. The van der Waals surface area contributed by atoms with Gasteiger partial charge in [0, 0.05) is 47.7 Å². The maximum absolute atomic E-state index is 12.6. The molecule has 5 aromatic rings. The van der Waals surface area contributed by atoms with Gasteiger partial charge in [0.15, 0.2) is 0 Å². The van der Waals surface area contributed by atoms with Crippen LogP contribution in [0.1, 0.15) is 51.9 Å². The summed E-state index contributed by atoms with van der Waals surface area (Å²) in [5, 5.41) is 11.7. The van der Waals surface area contributed by atoms with Crippen molar-refractivity contribution in [3.63, 3.8) is 0 Å². The average molecular weight is 675 g/mol. The van der Waals surface area contributed by atoms with Gasteiger partial charge in [0.2, 0.25) is 5.91 Å². The second-order valence-corrected chi connectivity index (χ2v) is 15.2. The highest BCUT2D eigenvalue weighted by Crippen LogP contribution is 2.39. The molecular formula is C39H42N6O3S. The number of aliphatic carboxylic acids is 1. The van der Waals surface area contributed by atoms with Gasteiger partial charge in [-0.25, -0.2) is 4.98 Å². The topological polar surface area (TPSA) is 103 Å². The Morgan fingerprint density at radius 1 is 1.00 bits per heavy atom. The molecule has 0 radical (unpaired) electrons. The van der Waals surface area contributed by atoms with E-state index in [9.17, 15) is 14.7 Å². The average Bonchev–Trinajstić information content (AvgIpc) is 3.76. The molecule has 1 saturated heterocycles. The first kappa shape index (κ1) is 33.0. The molecule has 1 fully saturated rings. The van der Waals surface area contributed by atoms with Crippen LogP contribution in [0.4, 0.5) is 0 Å². The Morgan fingerprint density at radius 3 is 2.49 bits per heavy atom. The van der Waals surface area contributed by atoms with Gasteiger partial charge in [0.05, 0.1) is 42.0 Å². The number of carboxylic acids is 1. The molecule has 2 aromatic carbocycles. The zero-order chi connectivity index (χ0) is 34.4. The molecule has 1 amide bonds. The number of hydrogen-bond acceptors (Lipinski definition) is 8. The van der Waals surface area contributed by atoms with Gasteiger partial charge in [-0.2, -0.15) is 0 Å². The summed E-state index contributed by atoms with van der Waals surface area (Å²) in [6.45, 7) is 9.80. The molecule has 0 aliphatic carbocycles. The summed E-state index contributed by atoms with van der Waals surface area (Å²) in [7, 11) is 3.83. The second kappa shape index (κ2) is 13.1. The Morgan fingerprint density at radius 2 is 1.76 bits per heavy atom. The molecule has 252 valence electrons. The van der Waals surface area contributed by atoms with Crippen molar-refractivity contribution >= 4 is 34.1 Å². The number of carbonyl (C=O) groups excluding carboxylic acids is 1. The first-order chi connectivity index (χ1) is 23.5. The number of benzene rings is 2. The molecule has 10 heteroatoms. The third kappa shape index (κ3) is 6.48. The fraction of sp³-hybridized carbons (Fsp3) is 0.359. The Labute approximate surface area is 291 Å². The van der Waals surface area contributed by atoms with Crippen LogP contribution >= 0.6 is 11.3 Å². The van der Waals surface area contributed by atoms with Gasteiger partial charge in [-0.15, -0.1) is 11.3 Å². The smallest absolute Gasteiger partial charge is 0.310 e. The maximum Gasteiger partial charge on any atom is 0.310 e. The van der Waals surface area contributed by atoms with Crippen molar-refractivity contribution in [1.82, 2.24) is 29.7 Å². The van der Waals surface area contributed by atoms with Crippen molar-refractivity contribution < 1.29 is 14.7 Å². The van der Waals surface area contributed by atoms with Crippen LogP contribution in [0.2, 0.25) is 0 Å². The highest BCUT2D eigenvalue weighted by atomic mass is 32.1. The van der Waals surface area contributed by atoms with Gasteiger partial charge in [-0.1, -0.05) is 36.4 Å². The van der Waals surface area contributed by atoms with Crippen molar-refractivity contribution in [3.8, 4) is 21.7 Å². The van der Waals surface area contributed by atoms with Gasteiger partial charge in [0.25, 0.3) is 0 Å². The molecule has 0 saturated carbocycles. The standard InChI is InChI=1S/C39H42N6O3S/c1-24-27(17-32-36-28(12-14-40-32)16-26(18-41-36)19-44-15-13-39(3,23-44)38(47)48)8-6-9-29(24)30-10-7-11-31(25(30)2)37-42-33-20-45(21-34(33)49-37)35(46)22-43(4)5/h6-12,14,16,18H,13,15,17,19-23H2,1-5H3,(H,47,48)/t39-/m1/s1. The molecule has 5 heterocycles. The van der Waals surface area contributed by atoms with E-state index in [1.807, 2.05) is 49.3 Å². The summed E-state index contributed by atoms with van der Waals surface area (Å²) in [5.41, 5.74) is 10.3. The minimum Gasteiger partial charge on any atom is -0.481 e. The van der Waals surface area contributed by atoms with Crippen molar-refractivity contribution in [3.05, 3.63) is 99.4 Å². The number of fused-ring (bicyclic) bond motifs is 2. The lowest BCUT2D eigenvalue weighted by Gasteiger charge is -2.20. The summed E-state index contributed by atoms with van der Waals surface area (Å²) in [6.07, 6.45) is 5.09. The summed E-state index contributed by atoms with van der Waals surface area (Å²) >= 11 is 1.69. The number of thiazole rings is 1. The number of nitrogens with zero attached hydrogens (tertiary/aromatic N) is 6. The lowest BCUT2D eigenvalue weighted by atomic mass is 9.90. The molecule has 49 heavy (non-hydrogen) atoms. The number of carbonyl (C=O) groups is 2. The van der Waals surface area contributed by atoms with E-state index in [0.717, 1.165) is 45.0 Å². The second-order valence-electron chi connectivity index (χ2n) is 14.1. The predicted octanol–water partition coefficient (Wildman–Crippen LogP) is 6.33. The molecule has 3 aromatic heterocycles. The van der Waals surface area contributed by atoms with Gasteiger partial charge >= 0.3 is 5.97 Å². The SMILES string of the molecule is Cc1c(Cc2nccc3cc(CN4CC[C@@](C)(C(=O)O)C4)cnc23)cccc1-c1cccc(-c2nc3c(s2)CN(C(=O)CN(C)C)C3)c1C. The lowest BCUT2D eigenvalue weighted by molar-refractivity contribution is -0.147. The maximum atomic E-state index is 12.6. The summed E-state index contributed by atoms with van der Waals surface area (Å²) in [6, 6.07) is 17.1. The van der Waals surface area contributed by atoms with E-state index in [1.165, 1.54) is 32.7 Å². The third-order valence-electron chi connectivity index (χ3n) is 10.1. The van der Waals surface area contributed by atoms with Crippen LogP contribution in [0.5, 0.6) is 0 Å². The number of pyridine rings is 2. The molecule has 2 aliphatic rings. The molecule has 0 spiro atoms. The molecular weight excluding hydrogens is 633 g/mol. The van der Waals surface area contributed by atoms with Crippen LogP contribution in [-0.2, 0) is 35.6 Å². The van der Waals surface area contributed by atoms with E-state index in [2.05, 4.69) is 61.2 Å². The number of likely N-dealkylation sites (tertiary alicyclic amines) is 1. The van der Waals surface area contributed by atoms with Crippen LogP contribution in [-0.4, -0.2) is 80.4 Å². The lowest BCUT2D eigenvalue weighted by Crippen LogP contribution is -2.34. The summed E-state index contributed by atoms with van der Waals surface area (Å²) in [4.78, 5) is 46.2. The van der Waals surface area contributed by atoms with E-state index >= 15 is 0 Å². The van der Waals surface area contributed by atoms with Crippen molar-refractivity contribution in [2.45, 2.75) is 53.2 Å². The van der Waals surface area contributed by atoms with E-state index in [-0.39, 0.29) is 5.91 Å². The Balaban J connectivity index is 1.11. The molecule has 2 aliphatic heterocycles. The van der Waals surface area contributed by atoms with Crippen molar-refractivity contribution in [2.75, 3.05) is 33.7 Å². The molecule has 7 rings (SSSR count). The van der Waals surface area contributed by atoms with Crippen LogP contribution in [0.25, 0.3) is 32.6 Å². The van der Waals surface area contributed by atoms with Gasteiger partial charge in [-0.05, 0) is 93.3 Å². The largest absolute Gasteiger partial charge is 0.481 e.